The van der Waals surface area contributed by atoms with Crippen molar-refractivity contribution in [1.82, 2.24) is 37.8 Å². The number of amides is 4. The average molecular weight is 911 g/mol. The van der Waals surface area contributed by atoms with Gasteiger partial charge in [0.15, 0.2) is 0 Å². The molecule has 0 atom stereocenters. The van der Waals surface area contributed by atoms with Crippen LogP contribution < -0.4 is 32.2 Å². The van der Waals surface area contributed by atoms with Gasteiger partial charge in [-0.25, -0.2) is 0 Å². The van der Waals surface area contributed by atoms with E-state index in [1.54, 1.807) is 52.9 Å². The summed E-state index contributed by atoms with van der Waals surface area (Å²) in [6, 6.07) is 19.5. The van der Waals surface area contributed by atoms with Crippen LogP contribution in [0.5, 0.6) is 11.5 Å². The summed E-state index contributed by atoms with van der Waals surface area (Å²) in [4.78, 5) is 63.2. The molecule has 4 aromatic heterocycles. The molecule has 0 bridgehead atoms. The molecule has 7 rings (SSSR count). The quantitative estimate of drug-likeness (QED) is 0.103. The highest BCUT2D eigenvalue weighted by molar-refractivity contribution is 5.99. The van der Waals surface area contributed by atoms with Crippen LogP contribution in [0.15, 0.2) is 87.9 Å². The molecule has 0 aliphatic carbocycles. The number of hydrogen-bond acceptors (Lipinski definition) is 8. The van der Waals surface area contributed by atoms with Gasteiger partial charge in [0.25, 0.3) is 11.8 Å². The Hall–Kier alpha value is -7.76. The van der Waals surface area contributed by atoms with Gasteiger partial charge in [0.05, 0.1) is 35.0 Å². The van der Waals surface area contributed by atoms with Gasteiger partial charge in [0, 0.05) is 50.4 Å². The Bertz CT molecular complexity index is 3240. The lowest BCUT2D eigenvalue weighted by Crippen LogP contribution is -2.30. The highest BCUT2D eigenvalue weighted by Gasteiger charge is 2.23. The summed E-state index contributed by atoms with van der Waals surface area (Å²) in [5.41, 5.74) is 20.3. The number of methoxy groups -OCH3 is 1. The summed E-state index contributed by atoms with van der Waals surface area (Å²) >= 11 is 0. The van der Waals surface area contributed by atoms with Crippen LogP contribution in [0, 0.1) is 13.8 Å². The van der Waals surface area contributed by atoms with E-state index in [0.29, 0.717) is 100 Å². The number of imidazole rings is 2. The average Bonchev–Trinajstić information content (AvgIpc) is 4.05. The van der Waals surface area contributed by atoms with Crippen LogP contribution in [0.4, 0.5) is 0 Å². The molecule has 67 heavy (non-hydrogen) atoms. The number of aromatic nitrogens is 8. The van der Waals surface area contributed by atoms with Crippen molar-refractivity contribution in [3.8, 4) is 11.5 Å². The third-order valence-corrected chi connectivity index (χ3v) is 11.8. The molecule has 4 N–H and O–H groups in total. The minimum Gasteiger partial charge on any atom is -0.497 e. The molecule has 350 valence electrons. The molecule has 18 heteroatoms. The number of hydrogen-bond donors (Lipinski definition) is 2. The number of ether oxygens (including phenoxy) is 2. The molecule has 0 saturated heterocycles. The largest absolute Gasteiger partial charge is 0.497 e. The van der Waals surface area contributed by atoms with Crippen molar-refractivity contribution in [3.05, 3.63) is 129 Å². The summed E-state index contributed by atoms with van der Waals surface area (Å²) in [5, 5.41) is 8.98. The van der Waals surface area contributed by atoms with Gasteiger partial charge < -0.3 is 39.2 Å². The first-order chi connectivity index (χ1) is 32.1. The Morgan fingerprint density at radius 2 is 1.18 bits per heavy atom. The second kappa shape index (κ2) is 19.8. The number of rotatable bonds is 17. The van der Waals surface area contributed by atoms with Crippen molar-refractivity contribution in [2.45, 2.75) is 108 Å². The summed E-state index contributed by atoms with van der Waals surface area (Å²) in [6.45, 7) is 17.9. The monoisotopic (exact) mass is 910 g/mol. The highest BCUT2D eigenvalue weighted by atomic mass is 16.5. The van der Waals surface area contributed by atoms with Crippen molar-refractivity contribution in [2.75, 3.05) is 7.11 Å². The number of fused-ring (bicyclic) bond motifs is 2. The predicted octanol–water partition coefficient (Wildman–Crippen LogP) is 5.98. The van der Waals surface area contributed by atoms with Crippen molar-refractivity contribution >= 4 is 45.7 Å². The maximum Gasteiger partial charge on any atom is 0.298 e. The number of aryl methyl sites for hydroxylation is 6. The number of nitrogens with zero attached hydrogens (tertiary/aromatic N) is 10. The topological polar surface area (TPSA) is 219 Å². The fraction of sp³-hybridized carbons (Fsp3) is 0.347. The third kappa shape index (κ3) is 9.50. The van der Waals surface area contributed by atoms with E-state index in [2.05, 4.69) is 10.2 Å². The van der Waals surface area contributed by atoms with E-state index in [4.69, 9.17) is 30.9 Å². The SMILES string of the molecule is CCCn1c(=NC(=O)c2cc(C)nn2CC)n(C/C(C)=C(\C)Cn2c(=NC(=O)c3cc(C)nn3CC)n(CC)c3cc(C(N)=O)cc(OCc4ccc(OC)cc4)c32)c2ccc(C(N)=O)cc21. The van der Waals surface area contributed by atoms with Gasteiger partial charge in [-0.3, -0.25) is 28.5 Å². The maximum atomic E-state index is 14.2. The molecule has 4 heterocycles. The molecule has 0 aliphatic heterocycles. The first-order valence-corrected chi connectivity index (χ1v) is 22.4. The van der Waals surface area contributed by atoms with E-state index in [0.717, 1.165) is 22.2 Å². The molecule has 0 spiro atoms. The molecule has 4 amide bonds. The van der Waals surface area contributed by atoms with Crippen LogP contribution in [-0.4, -0.2) is 68.6 Å². The fourth-order valence-electron chi connectivity index (χ4n) is 8.30. The minimum absolute atomic E-state index is 0.145. The molecule has 7 aromatic rings. The van der Waals surface area contributed by atoms with Crippen LogP contribution >= 0.6 is 0 Å². The summed E-state index contributed by atoms with van der Waals surface area (Å²) in [5.74, 6) is -1.11. The Morgan fingerprint density at radius 3 is 1.70 bits per heavy atom. The Kier molecular flexibility index (Phi) is 13.9. The lowest BCUT2D eigenvalue weighted by atomic mass is 10.1. The van der Waals surface area contributed by atoms with Gasteiger partial charge in [0.1, 0.15) is 35.0 Å². The number of carbonyl (C=O) groups is 4. The first kappa shape index (κ1) is 47.2. The molecule has 0 aliphatic rings. The van der Waals surface area contributed by atoms with Gasteiger partial charge in [0.2, 0.25) is 23.1 Å². The van der Waals surface area contributed by atoms with Crippen LogP contribution in [-0.2, 0) is 45.9 Å². The predicted molar refractivity (Wildman–Crippen MR) is 254 cm³/mol. The zero-order valence-electron chi connectivity index (χ0n) is 39.6. The second-order valence-electron chi connectivity index (χ2n) is 16.4. The lowest BCUT2D eigenvalue weighted by molar-refractivity contribution is 0.0977. The molecule has 0 saturated carbocycles. The summed E-state index contributed by atoms with van der Waals surface area (Å²) in [7, 11) is 1.60. The van der Waals surface area contributed by atoms with Gasteiger partial charge in [-0.15, -0.1) is 0 Å². The molecular formula is C49H58N12O6. The Morgan fingerprint density at radius 1 is 0.627 bits per heavy atom. The molecule has 0 radical (unpaired) electrons. The van der Waals surface area contributed by atoms with E-state index < -0.39 is 23.6 Å². The summed E-state index contributed by atoms with van der Waals surface area (Å²) in [6.07, 6.45) is 0.712. The van der Waals surface area contributed by atoms with Crippen LogP contribution in [0.2, 0.25) is 0 Å². The third-order valence-electron chi connectivity index (χ3n) is 11.8. The van der Waals surface area contributed by atoms with E-state index in [1.807, 2.05) is 104 Å². The Labute approximate surface area is 387 Å². The summed E-state index contributed by atoms with van der Waals surface area (Å²) < 4.78 is 22.9. The van der Waals surface area contributed by atoms with E-state index in [1.165, 1.54) is 0 Å². The molecule has 18 nitrogen and oxygen atoms in total. The van der Waals surface area contributed by atoms with Crippen LogP contribution in [0.3, 0.4) is 0 Å². The Balaban J connectivity index is 1.44. The number of carbonyl (C=O) groups excluding carboxylic acids is 4. The fourth-order valence-corrected chi connectivity index (χ4v) is 8.30. The van der Waals surface area contributed by atoms with Crippen molar-refractivity contribution in [2.24, 2.45) is 21.5 Å². The normalized spacial score (nSPS) is 12.6. The van der Waals surface area contributed by atoms with Crippen LogP contribution in [0.25, 0.3) is 22.1 Å². The second-order valence-corrected chi connectivity index (χ2v) is 16.4. The van der Waals surface area contributed by atoms with Gasteiger partial charge in [-0.2, -0.15) is 20.2 Å². The molecule has 0 unspecified atom stereocenters. The lowest BCUT2D eigenvalue weighted by Gasteiger charge is -2.15. The zero-order chi connectivity index (χ0) is 48.3. The number of nitrogens with two attached hydrogens (primary N) is 2. The van der Waals surface area contributed by atoms with E-state index in [9.17, 15) is 19.2 Å². The highest BCUT2D eigenvalue weighted by Crippen LogP contribution is 2.30. The smallest absolute Gasteiger partial charge is 0.298 e. The molecule has 3 aromatic carbocycles. The standard InChI is InChI=1S/C49H58N12O6/c1-10-20-57-38-23-34(44(50)62)16-19-37(38)58(49(57)53-47(65)41-22-32(8)55-61(41)13-4)26-29(5)30(6)27-59-43-39(56(11-2)48(59)52-46(64)40-21-31(7)54-60(40)12-3)24-35(45(51)63)25-42(43)67-28-33-14-17-36(66-9)18-15-33/h14-19,21-25H,10-13,20,26-28H2,1-9H3,(H2,50,62)(H2,51,63)/b30-29+,52-48?,53-49?. The van der Waals surface area contributed by atoms with Crippen molar-refractivity contribution < 1.29 is 28.7 Å². The van der Waals surface area contributed by atoms with Gasteiger partial charge >= 0.3 is 0 Å². The van der Waals surface area contributed by atoms with Gasteiger partial charge in [-0.1, -0.05) is 30.2 Å². The van der Waals surface area contributed by atoms with Crippen molar-refractivity contribution in [1.29, 1.82) is 0 Å². The molecular weight excluding hydrogens is 853 g/mol. The number of allylic oxidation sites excluding steroid dienone is 2. The minimum atomic E-state index is -0.647. The first-order valence-electron chi connectivity index (χ1n) is 22.4. The number of benzene rings is 3. The van der Waals surface area contributed by atoms with Crippen LogP contribution in [0.1, 0.15) is 107 Å². The van der Waals surface area contributed by atoms with Gasteiger partial charge in [-0.05, 0) is 115 Å². The number of primary amides is 2. The van der Waals surface area contributed by atoms with E-state index in [-0.39, 0.29) is 25.3 Å². The zero-order valence-corrected chi connectivity index (χ0v) is 39.6. The van der Waals surface area contributed by atoms with E-state index >= 15 is 0 Å². The maximum absolute atomic E-state index is 14.2. The molecule has 0 fully saturated rings. The van der Waals surface area contributed by atoms with Crippen molar-refractivity contribution in [3.63, 3.8) is 0 Å².